The summed E-state index contributed by atoms with van der Waals surface area (Å²) in [4.78, 5) is 0. The maximum atomic E-state index is 5.44. The van der Waals surface area contributed by atoms with Crippen LogP contribution in [0.1, 0.15) is 13.3 Å². The van der Waals surface area contributed by atoms with Crippen molar-refractivity contribution in [3.8, 4) is 5.69 Å². The second-order valence-electron chi connectivity index (χ2n) is 4.83. The van der Waals surface area contributed by atoms with Crippen LogP contribution < -0.4 is 5.32 Å². The minimum atomic E-state index is 0.361. The molecule has 0 radical (unpaired) electrons. The number of rotatable bonds is 4. The van der Waals surface area contributed by atoms with Crippen LogP contribution in [-0.4, -0.2) is 39.5 Å². The summed E-state index contributed by atoms with van der Waals surface area (Å²) in [5, 5.41) is 14.8. The molecule has 1 aliphatic heterocycles. The van der Waals surface area contributed by atoms with Crippen molar-refractivity contribution in [2.75, 3.05) is 18.5 Å². The number of para-hydroxylation sites is 2. The number of hydrogen-bond acceptors (Lipinski definition) is 5. The molecule has 1 N–H and O–H groups in total. The number of ether oxygens (including phenoxy) is 1. The summed E-state index contributed by atoms with van der Waals surface area (Å²) in [6.45, 7) is 3.89. The van der Waals surface area contributed by atoms with Crippen molar-refractivity contribution < 1.29 is 4.74 Å². The highest BCUT2D eigenvalue weighted by Crippen LogP contribution is 2.24. The lowest BCUT2D eigenvalue weighted by Gasteiger charge is -2.22. The van der Waals surface area contributed by atoms with Crippen molar-refractivity contribution in [2.24, 2.45) is 5.92 Å². The molecule has 0 saturated carbocycles. The average molecular weight is 259 g/mol. The van der Waals surface area contributed by atoms with Gasteiger partial charge in [0, 0.05) is 18.6 Å². The average Bonchev–Trinajstić information content (AvgIpc) is 3.13. The summed E-state index contributed by atoms with van der Waals surface area (Å²) < 4.78 is 7.11. The van der Waals surface area contributed by atoms with Crippen LogP contribution in [-0.2, 0) is 4.74 Å². The minimum absolute atomic E-state index is 0.361. The number of nitrogens with one attached hydrogen (secondary N) is 1. The molecule has 0 spiro atoms. The Morgan fingerprint density at radius 3 is 3.05 bits per heavy atom. The molecule has 1 fully saturated rings. The Hall–Kier alpha value is -1.95. The van der Waals surface area contributed by atoms with Gasteiger partial charge in [0.15, 0.2) is 0 Å². The van der Waals surface area contributed by atoms with E-state index in [1.165, 1.54) is 0 Å². The number of tetrazole rings is 1. The van der Waals surface area contributed by atoms with Gasteiger partial charge in [0.2, 0.25) is 0 Å². The first-order valence-corrected chi connectivity index (χ1v) is 6.51. The Kier molecular flexibility index (Phi) is 3.41. The first kappa shape index (κ1) is 12.1. The lowest BCUT2D eigenvalue weighted by molar-refractivity contribution is 0.183. The quantitative estimate of drug-likeness (QED) is 0.901. The zero-order chi connectivity index (χ0) is 13.1. The number of aromatic nitrogens is 4. The van der Waals surface area contributed by atoms with E-state index >= 15 is 0 Å². The third-order valence-corrected chi connectivity index (χ3v) is 3.56. The van der Waals surface area contributed by atoms with Crippen molar-refractivity contribution in [3.05, 3.63) is 30.6 Å². The smallest absolute Gasteiger partial charge is 0.143 e. The van der Waals surface area contributed by atoms with E-state index < -0.39 is 0 Å². The highest BCUT2D eigenvalue weighted by atomic mass is 16.5. The molecule has 100 valence electrons. The topological polar surface area (TPSA) is 64.9 Å². The Morgan fingerprint density at radius 2 is 2.32 bits per heavy atom. The molecule has 2 aromatic rings. The van der Waals surface area contributed by atoms with Gasteiger partial charge in [-0.1, -0.05) is 12.1 Å². The van der Waals surface area contributed by atoms with E-state index in [1.807, 2.05) is 24.3 Å². The number of benzene rings is 1. The molecule has 0 bridgehead atoms. The van der Waals surface area contributed by atoms with Crippen LogP contribution in [0.3, 0.4) is 0 Å². The third kappa shape index (κ3) is 2.58. The van der Waals surface area contributed by atoms with E-state index in [2.05, 4.69) is 27.8 Å². The lowest BCUT2D eigenvalue weighted by atomic mass is 10.0. The number of nitrogens with zero attached hydrogens (tertiary/aromatic N) is 4. The zero-order valence-electron chi connectivity index (χ0n) is 10.9. The van der Waals surface area contributed by atoms with Crippen LogP contribution in [0.2, 0.25) is 0 Å². The van der Waals surface area contributed by atoms with E-state index in [9.17, 15) is 0 Å². The zero-order valence-corrected chi connectivity index (χ0v) is 10.9. The maximum Gasteiger partial charge on any atom is 0.143 e. The van der Waals surface area contributed by atoms with Crippen LogP contribution in [0.5, 0.6) is 0 Å². The molecule has 3 rings (SSSR count). The summed E-state index contributed by atoms with van der Waals surface area (Å²) in [7, 11) is 0. The van der Waals surface area contributed by atoms with E-state index in [4.69, 9.17) is 4.74 Å². The van der Waals surface area contributed by atoms with Gasteiger partial charge in [-0.3, -0.25) is 0 Å². The van der Waals surface area contributed by atoms with Gasteiger partial charge in [-0.2, -0.15) is 4.68 Å². The first-order chi connectivity index (χ1) is 9.34. The van der Waals surface area contributed by atoms with Gasteiger partial charge in [0.25, 0.3) is 0 Å². The number of anilines is 1. The van der Waals surface area contributed by atoms with Crippen molar-refractivity contribution in [1.82, 2.24) is 20.2 Å². The van der Waals surface area contributed by atoms with Crippen molar-refractivity contribution in [3.63, 3.8) is 0 Å². The summed E-state index contributed by atoms with van der Waals surface area (Å²) in [5.41, 5.74) is 1.99. The summed E-state index contributed by atoms with van der Waals surface area (Å²) in [6, 6.07) is 8.39. The fraction of sp³-hybridized carbons (Fsp3) is 0.462. The van der Waals surface area contributed by atoms with Gasteiger partial charge < -0.3 is 10.1 Å². The highest BCUT2D eigenvalue weighted by Gasteiger charge is 2.22. The highest BCUT2D eigenvalue weighted by molar-refractivity contribution is 5.60. The molecule has 0 amide bonds. The Bertz CT molecular complexity index is 522. The van der Waals surface area contributed by atoms with Gasteiger partial charge in [0.1, 0.15) is 6.33 Å². The van der Waals surface area contributed by atoms with Crippen LogP contribution in [0.4, 0.5) is 5.69 Å². The molecular weight excluding hydrogens is 242 g/mol. The van der Waals surface area contributed by atoms with Crippen molar-refractivity contribution in [1.29, 1.82) is 0 Å². The molecule has 0 aliphatic carbocycles. The van der Waals surface area contributed by atoms with E-state index in [0.29, 0.717) is 12.0 Å². The summed E-state index contributed by atoms with van der Waals surface area (Å²) in [5.74, 6) is 0.557. The number of hydrogen-bond donors (Lipinski definition) is 1. The second kappa shape index (κ2) is 5.36. The monoisotopic (exact) mass is 259 g/mol. The Balaban J connectivity index is 1.80. The van der Waals surface area contributed by atoms with E-state index in [-0.39, 0.29) is 0 Å². The predicted molar refractivity (Wildman–Crippen MR) is 71.2 cm³/mol. The molecule has 6 heteroatoms. The molecule has 1 aliphatic rings. The van der Waals surface area contributed by atoms with Crippen molar-refractivity contribution >= 4 is 5.69 Å². The molecule has 6 nitrogen and oxygen atoms in total. The van der Waals surface area contributed by atoms with Crippen LogP contribution in [0, 0.1) is 5.92 Å². The largest absolute Gasteiger partial charge is 0.381 e. The van der Waals surface area contributed by atoms with Crippen LogP contribution in [0.15, 0.2) is 30.6 Å². The van der Waals surface area contributed by atoms with Gasteiger partial charge >= 0.3 is 0 Å². The Morgan fingerprint density at radius 1 is 1.42 bits per heavy atom. The molecule has 1 aromatic heterocycles. The molecule has 19 heavy (non-hydrogen) atoms. The second-order valence-corrected chi connectivity index (χ2v) is 4.83. The lowest BCUT2D eigenvalue weighted by Crippen LogP contribution is -2.26. The maximum absolute atomic E-state index is 5.44. The minimum Gasteiger partial charge on any atom is -0.381 e. The van der Waals surface area contributed by atoms with Crippen LogP contribution in [0.25, 0.3) is 5.69 Å². The van der Waals surface area contributed by atoms with Gasteiger partial charge in [-0.15, -0.1) is 5.10 Å². The van der Waals surface area contributed by atoms with Gasteiger partial charge in [-0.05, 0) is 35.9 Å². The molecule has 1 saturated heterocycles. The fourth-order valence-electron chi connectivity index (χ4n) is 2.38. The molecule has 1 aromatic carbocycles. The molecule has 2 heterocycles. The van der Waals surface area contributed by atoms with Gasteiger partial charge in [-0.25, -0.2) is 0 Å². The summed E-state index contributed by atoms with van der Waals surface area (Å²) >= 11 is 0. The SMILES string of the molecule is CC(Nc1ccccc1-n1cnnn1)C1CCOC1. The van der Waals surface area contributed by atoms with Crippen molar-refractivity contribution in [2.45, 2.75) is 19.4 Å². The molecular formula is C13H17N5O. The Labute approximate surface area is 111 Å². The normalized spacial score (nSPS) is 20.4. The first-order valence-electron chi connectivity index (χ1n) is 6.51. The third-order valence-electron chi connectivity index (χ3n) is 3.56. The van der Waals surface area contributed by atoms with Gasteiger partial charge in [0.05, 0.1) is 18.0 Å². The summed E-state index contributed by atoms with van der Waals surface area (Å²) in [6.07, 6.45) is 2.71. The standard InChI is InChI=1S/C13H17N5O/c1-10(11-6-7-19-8-11)15-12-4-2-3-5-13(12)18-9-14-16-17-18/h2-5,9-11,15H,6-8H2,1H3. The van der Waals surface area contributed by atoms with Crippen LogP contribution >= 0.6 is 0 Å². The van der Waals surface area contributed by atoms with E-state index in [0.717, 1.165) is 31.0 Å². The predicted octanol–water partition coefficient (Wildman–Crippen LogP) is 1.50. The molecule has 2 unspecified atom stereocenters. The molecule has 2 atom stereocenters. The van der Waals surface area contributed by atoms with E-state index in [1.54, 1.807) is 11.0 Å². The fourth-order valence-corrected chi connectivity index (χ4v) is 2.38.